The van der Waals surface area contributed by atoms with E-state index in [4.69, 9.17) is 5.73 Å². The maximum absolute atomic E-state index is 12.5. The molecule has 0 bridgehead atoms. The van der Waals surface area contributed by atoms with Gasteiger partial charge >= 0.3 is 0 Å². The number of nitrogen functional groups attached to an aromatic ring is 1. The van der Waals surface area contributed by atoms with Crippen LogP contribution in [0, 0.1) is 0 Å². The molecule has 0 spiro atoms. The van der Waals surface area contributed by atoms with E-state index in [0.717, 1.165) is 36.6 Å². The predicted octanol–water partition coefficient (Wildman–Crippen LogP) is 2.80. The molecule has 0 radical (unpaired) electrons. The van der Waals surface area contributed by atoms with E-state index in [0.29, 0.717) is 22.9 Å². The molecule has 1 aliphatic heterocycles. The number of anilines is 2. The zero-order valence-corrected chi connectivity index (χ0v) is 16.6. The minimum absolute atomic E-state index is 0.310. The number of carbonyl (C=O) groups is 1. The predicted molar refractivity (Wildman–Crippen MR) is 118 cm³/mol. The second-order valence-corrected chi connectivity index (χ2v) is 7.28. The van der Waals surface area contributed by atoms with Crippen molar-refractivity contribution in [2.24, 2.45) is 9.98 Å². The van der Waals surface area contributed by atoms with Crippen LogP contribution < -0.4 is 16.4 Å². The Morgan fingerprint density at radius 3 is 2.82 bits per heavy atom. The van der Waals surface area contributed by atoms with Crippen molar-refractivity contribution in [1.29, 1.82) is 0 Å². The fourth-order valence-corrected chi connectivity index (χ4v) is 3.53. The molecule has 1 amide bonds. The van der Waals surface area contributed by atoms with Crippen LogP contribution in [0.5, 0.6) is 0 Å². The molecule has 0 saturated carbocycles. The number of carbonyl (C=O) groups excluding carboxylic acids is 1. The van der Waals surface area contributed by atoms with E-state index in [1.165, 1.54) is 0 Å². The average Bonchev–Trinajstić information content (AvgIpc) is 3.25. The zero-order chi connectivity index (χ0) is 19.9. The molecule has 7 nitrogen and oxygen atoms in total. The molecule has 0 atom stereocenters. The van der Waals surface area contributed by atoms with E-state index in [1.54, 1.807) is 30.5 Å². The summed E-state index contributed by atoms with van der Waals surface area (Å²) in [5.41, 5.74) is 8.43. The van der Waals surface area contributed by atoms with Gasteiger partial charge in [-0.1, -0.05) is 12.1 Å². The highest BCUT2D eigenvalue weighted by atomic mass is 32.1. The van der Waals surface area contributed by atoms with E-state index < -0.39 is 0 Å². The number of aliphatic imine (C=N–C) groups is 2. The van der Waals surface area contributed by atoms with Gasteiger partial charge in [-0.25, -0.2) is 4.99 Å². The minimum Gasteiger partial charge on any atom is -0.397 e. The van der Waals surface area contributed by atoms with Gasteiger partial charge in [0, 0.05) is 31.1 Å². The van der Waals surface area contributed by atoms with Gasteiger partial charge in [-0.05, 0) is 42.8 Å². The molecule has 2 aromatic rings. The molecule has 2 heterocycles. The first-order chi connectivity index (χ1) is 13.6. The van der Waals surface area contributed by atoms with Gasteiger partial charge in [-0.2, -0.15) is 0 Å². The fourth-order valence-electron chi connectivity index (χ4n) is 2.80. The van der Waals surface area contributed by atoms with Crippen molar-refractivity contribution in [1.82, 2.24) is 10.2 Å². The van der Waals surface area contributed by atoms with Crippen LogP contribution in [0.2, 0.25) is 0 Å². The van der Waals surface area contributed by atoms with Crippen molar-refractivity contribution in [3.63, 3.8) is 0 Å². The summed E-state index contributed by atoms with van der Waals surface area (Å²) in [6, 6.07) is 9.62. The molecule has 1 aromatic heterocycles. The largest absolute Gasteiger partial charge is 0.397 e. The lowest BCUT2D eigenvalue weighted by molar-refractivity contribution is -0.110. The molecule has 1 saturated heterocycles. The third kappa shape index (κ3) is 4.85. The lowest BCUT2D eigenvalue weighted by atomic mass is 10.1. The van der Waals surface area contributed by atoms with Crippen molar-refractivity contribution < 1.29 is 4.79 Å². The number of thiophene rings is 1. The van der Waals surface area contributed by atoms with Gasteiger partial charge in [-0.15, -0.1) is 11.3 Å². The fraction of sp³-hybridized carbons (Fsp3) is 0.250. The Morgan fingerprint density at radius 2 is 2.14 bits per heavy atom. The first-order valence-corrected chi connectivity index (χ1v) is 9.88. The molecule has 8 heteroatoms. The number of benzene rings is 1. The van der Waals surface area contributed by atoms with Gasteiger partial charge < -0.3 is 21.3 Å². The summed E-state index contributed by atoms with van der Waals surface area (Å²) < 4.78 is 0. The number of nitrogens with zero attached hydrogens (tertiary/aromatic N) is 3. The van der Waals surface area contributed by atoms with Crippen LogP contribution in [0.1, 0.15) is 6.92 Å². The van der Waals surface area contributed by atoms with Gasteiger partial charge in [0.2, 0.25) is 0 Å². The van der Waals surface area contributed by atoms with Crippen LogP contribution in [0.25, 0.3) is 10.4 Å². The number of nitrogens with two attached hydrogens (primary N) is 1. The van der Waals surface area contributed by atoms with E-state index in [-0.39, 0.29) is 5.91 Å². The Kier molecular flexibility index (Phi) is 6.57. The SMILES string of the molecule is C=N/C(=C\N=C(C)C(=O)Nc1cc(-c2cccs2)ccc1N)N1CCNCC1. The van der Waals surface area contributed by atoms with Crippen LogP contribution in [0.15, 0.2) is 57.7 Å². The van der Waals surface area contributed by atoms with Crippen molar-refractivity contribution in [3.05, 3.63) is 47.7 Å². The smallest absolute Gasteiger partial charge is 0.269 e. The lowest BCUT2D eigenvalue weighted by Gasteiger charge is -2.28. The molecule has 3 rings (SSSR count). The standard InChI is InChI=1S/C20H24N6OS/c1-14(24-13-19(22-2)26-9-7-23-8-10-26)20(27)25-17-12-15(5-6-16(17)21)18-4-3-11-28-18/h3-6,11-13,23H,2,7-10,21H2,1H3,(H,25,27)/b19-13+,24-14?. The number of amides is 1. The Bertz CT molecular complexity index is 897. The zero-order valence-electron chi connectivity index (χ0n) is 15.8. The third-order valence-electron chi connectivity index (χ3n) is 4.41. The van der Waals surface area contributed by atoms with Gasteiger partial charge in [0.1, 0.15) is 11.5 Å². The maximum Gasteiger partial charge on any atom is 0.269 e. The average molecular weight is 397 g/mol. The Morgan fingerprint density at radius 1 is 1.36 bits per heavy atom. The van der Waals surface area contributed by atoms with Crippen LogP contribution in [0.3, 0.4) is 0 Å². The molecular weight excluding hydrogens is 372 g/mol. The Labute approximate surface area is 168 Å². The van der Waals surface area contributed by atoms with Crippen molar-refractivity contribution in [2.75, 3.05) is 37.2 Å². The number of hydrogen-bond acceptors (Lipinski definition) is 7. The summed E-state index contributed by atoms with van der Waals surface area (Å²) in [5.74, 6) is 0.350. The molecule has 1 fully saturated rings. The normalized spacial score (nSPS) is 15.4. The highest BCUT2D eigenvalue weighted by molar-refractivity contribution is 7.13. The molecule has 146 valence electrons. The summed E-state index contributed by atoms with van der Waals surface area (Å²) in [6.45, 7) is 8.69. The van der Waals surface area contributed by atoms with Crippen LogP contribution in [-0.4, -0.2) is 49.4 Å². The van der Waals surface area contributed by atoms with Crippen LogP contribution in [-0.2, 0) is 4.79 Å². The van der Waals surface area contributed by atoms with Crippen molar-refractivity contribution in [2.45, 2.75) is 6.92 Å². The van der Waals surface area contributed by atoms with Gasteiger partial charge in [0.15, 0.2) is 0 Å². The maximum atomic E-state index is 12.5. The molecule has 0 aliphatic carbocycles. The third-order valence-corrected chi connectivity index (χ3v) is 5.33. The van der Waals surface area contributed by atoms with Crippen molar-refractivity contribution >= 4 is 41.0 Å². The molecular formula is C20H24N6OS. The molecule has 4 N–H and O–H groups in total. The first-order valence-electron chi connectivity index (χ1n) is 9.00. The minimum atomic E-state index is -0.310. The quantitative estimate of drug-likeness (QED) is 0.517. The number of rotatable bonds is 6. The van der Waals surface area contributed by atoms with E-state index in [1.807, 2.05) is 29.6 Å². The molecule has 0 unspecified atom stereocenters. The summed E-state index contributed by atoms with van der Waals surface area (Å²) in [7, 11) is 0. The molecule has 1 aliphatic rings. The van der Waals surface area contributed by atoms with E-state index >= 15 is 0 Å². The first kappa shape index (κ1) is 19.8. The second kappa shape index (κ2) is 9.29. The summed E-state index contributed by atoms with van der Waals surface area (Å²) in [4.78, 5) is 24.1. The van der Waals surface area contributed by atoms with Gasteiger partial charge in [0.25, 0.3) is 5.91 Å². The summed E-state index contributed by atoms with van der Waals surface area (Å²) in [5, 5.41) is 8.14. The van der Waals surface area contributed by atoms with Crippen molar-refractivity contribution in [3.8, 4) is 10.4 Å². The number of nitrogens with one attached hydrogen (secondary N) is 2. The van der Waals surface area contributed by atoms with Crippen LogP contribution >= 0.6 is 11.3 Å². The number of piperazine rings is 1. The van der Waals surface area contributed by atoms with Crippen LogP contribution in [0.4, 0.5) is 11.4 Å². The monoisotopic (exact) mass is 396 g/mol. The summed E-state index contributed by atoms with van der Waals surface area (Å²) in [6.07, 6.45) is 1.58. The number of hydrogen-bond donors (Lipinski definition) is 3. The topological polar surface area (TPSA) is 95.1 Å². The molecule has 28 heavy (non-hydrogen) atoms. The highest BCUT2D eigenvalue weighted by Gasteiger charge is 2.13. The lowest BCUT2D eigenvalue weighted by Crippen LogP contribution is -2.42. The van der Waals surface area contributed by atoms with Gasteiger partial charge in [0.05, 0.1) is 17.6 Å². The van der Waals surface area contributed by atoms with Gasteiger partial charge in [-0.3, -0.25) is 9.79 Å². The van der Waals surface area contributed by atoms with E-state index in [9.17, 15) is 4.79 Å². The Balaban J connectivity index is 1.73. The molecule has 1 aromatic carbocycles. The Hall–Kier alpha value is -2.97. The van der Waals surface area contributed by atoms with E-state index in [2.05, 4.69) is 32.2 Å². The second-order valence-electron chi connectivity index (χ2n) is 6.33. The highest BCUT2D eigenvalue weighted by Crippen LogP contribution is 2.30. The summed E-state index contributed by atoms with van der Waals surface area (Å²) >= 11 is 1.63.